The summed E-state index contributed by atoms with van der Waals surface area (Å²) in [5.41, 5.74) is 0.789. The molecule has 2 aromatic rings. The maximum absolute atomic E-state index is 5.94. The molecule has 0 saturated heterocycles. The van der Waals surface area contributed by atoms with Crippen LogP contribution in [-0.2, 0) is 0 Å². The summed E-state index contributed by atoms with van der Waals surface area (Å²) in [6.45, 7) is 6.35. The third-order valence-electron chi connectivity index (χ3n) is 3.32. The minimum Gasteiger partial charge on any atom is -0.266 e. The van der Waals surface area contributed by atoms with Gasteiger partial charge in [0.05, 0.1) is 0 Å². The Balaban J connectivity index is 2.44. The first-order chi connectivity index (χ1) is 8.67. The molecule has 2 aromatic heterocycles. The van der Waals surface area contributed by atoms with Crippen LogP contribution in [0.2, 0.25) is 5.15 Å². The molecule has 1 unspecified atom stereocenters. The molecule has 0 aliphatic carbocycles. The number of hydrogen-bond acceptors (Lipinski definition) is 3. The number of unbranched alkanes of at least 4 members (excludes halogenated alkanes) is 1. The van der Waals surface area contributed by atoms with E-state index in [0.29, 0.717) is 11.1 Å². The van der Waals surface area contributed by atoms with E-state index in [0.717, 1.165) is 30.1 Å². The Bertz CT molecular complexity index is 535. The molecule has 0 aromatic carbocycles. The van der Waals surface area contributed by atoms with Crippen LogP contribution >= 0.6 is 11.6 Å². The summed E-state index contributed by atoms with van der Waals surface area (Å²) >= 11 is 5.94. The maximum Gasteiger partial charge on any atom is 0.165 e. The largest absolute Gasteiger partial charge is 0.266 e. The second kappa shape index (κ2) is 5.65. The Hall–Kier alpha value is -1.16. The van der Waals surface area contributed by atoms with E-state index in [4.69, 9.17) is 11.6 Å². The van der Waals surface area contributed by atoms with E-state index in [-0.39, 0.29) is 0 Å². The van der Waals surface area contributed by atoms with Crippen molar-refractivity contribution >= 4 is 17.2 Å². The Morgan fingerprint density at radius 1 is 1.33 bits per heavy atom. The highest BCUT2D eigenvalue weighted by molar-refractivity contribution is 6.29. The van der Waals surface area contributed by atoms with E-state index in [1.807, 2.05) is 11.3 Å². The molecule has 0 radical (unpaired) electrons. The van der Waals surface area contributed by atoms with Crippen molar-refractivity contribution in [3.05, 3.63) is 22.9 Å². The SMILES string of the molecule is CCCCC(CC)c1nnc2cc(Cl)nc(C)n12. The first kappa shape index (κ1) is 13.3. The number of nitrogens with zero attached hydrogens (tertiary/aromatic N) is 4. The van der Waals surface area contributed by atoms with Crippen LogP contribution in [0.15, 0.2) is 6.07 Å². The first-order valence-corrected chi connectivity index (χ1v) is 6.93. The van der Waals surface area contributed by atoms with Crippen LogP contribution in [0.25, 0.3) is 5.65 Å². The highest BCUT2D eigenvalue weighted by Crippen LogP contribution is 2.25. The van der Waals surface area contributed by atoms with E-state index < -0.39 is 0 Å². The monoisotopic (exact) mass is 266 g/mol. The molecule has 5 heteroatoms. The van der Waals surface area contributed by atoms with Crippen molar-refractivity contribution in [2.24, 2.45) is 0 Å². The van der Waals surface area contributed by atoms with E-state index in [1.54, 1.807) is 6.07 Å². The van der Waals surface area contributed by atoms with Gasteiger partial charge in [-0.1, -0.05) is 38.3 Å². The highest BCUT2D eigenvalue weighted by Gasteiger charge is 2.17. The molecule has 2 heterocycles. The average molecular weight is 267 g/mol. The Morgan fingerprint density at radius 3 is 2.78 bits per heavy atom. The summed E-state index contributed by atoms with van der Waals surface area (Å²) in [6.07, 6.45) is 4.64. The minimum atomic E-state index is 0.446. The molecule has 0 bridgehead atoms. The van der Waals surface area contributed by atoms with E-state index in [9.17, 15) is 0 Å². The Morgan fingerprint density at radius 2 is 2.11 bits per heavy atom. The smallest absolute Gasteiger partial charge is 0.165 e. The molecule has 0 amide bonds. The normalized spacial score (nSPS) is 13.1. The van der Waals surface area contributed by atoms with Gasteiger partial charge in [-0.15, -0.1) is 10.2 Å². The zero-order valence-corrected chi connectivity index (χ0v) is 11.9. The van der Waals surface area contributed by atoms with Crippen LogP contribution in [0.4, 0.5) is 0 Å². The molecule has 0 aliphatic heterocycles. The molecule has 0 spiro atoms. The fourth-order valence-corrected chi connectivity index (χ4v) is 2.53. The van der Waals surface area contributed by atoms with E-state index >= 15 is 0 Å². The zero-order chi connectivity index (χ0) is 13.1. The number of hydrogen-bond donors (Lipinski definition) is 0. The van der Waals surface area contributed by atoms with Gasteiger partial charge < -0.3 is 0 Å². The summed E-state index contributed by atoms with van der Waals surface area (Å²) in [4.78, 5) is 4.28. The number of aryl methyl sites for hydroxylation is 1. The van der Waals surface area contributed by atoms with Crippen LogP contribution in [0.3, 0.4) is 0 Å². The second-order valence-corrected chi connectivity index (χ2v) is 5.01. The first-order valence-electron chi connectivity index (χ1n) is 6.55. The van der Waals surface area contributed by atoms with Gasteiger partial charge in [0, 0.05) is 12.0 Å². The zero-order valence-electron chi connectivity index (χ0n) is 11.1. The molecular formula is C13H19ClN4. The fourth-order valence-electron chi connectivity index (χ4n) is 2.31. The molecule has 18 heavy (non-hydrogen) atoms. The van der Waals surface area contributed by atoms with Crippen molar-refractivity contribution in [3.8, 4) is 0 Å². The van der Waals surface area contributed by atoms with Gasteiger partial charge in [-0.3, -0.25) is 4.40 Å². The Kier molecular flexibility index (Phi) is 4.17. The maximum atomic E-state index is 5.94. The summed E-state index contributed by atoms with van der Waals surface area (Å²) in [5, 5.41) is 9.01. The third-order valence-corrected chi connectivity index (χ3v) is 3.51. The topological polar surface area (TPSA) is 43.1 Å². The lowest BCUT2D eigenvalue weighted by atomic mass is 9.98. The van der Waals surface area contributed by atoms with Crippen molar-refractivity contribution < 1.29 is 0 Å². The average Bonchev–Trinajstić information content (AvgIpc) is 2.74. The molecule has 2 rings (SSSR count). The lowest BCUT2D eigenvalue weighted by Gasteiger charge is -2.13. The second-order valence-electron chi connectivity index (χ2n) is 4.63. The van der Waals surface area contributed by atoms with Gasteiger partial charge in [-0.2, -0.15) is 0 Å². The number of fused-ring (bicyclic) bond motifs is 1. The molecule has 0 aliphatic rings. The van der Waals surface area contributed by atoms with Gasteiger partial charge in [0.2, 0.25) is 0 Å². The predicted octanol–water partition coefficient (Wildman–Crippen LogP) is 3.77. The third kappa shape index (κ3) is 2.48. The Labute approximate surface area is 112 Å². The molecule has 0 saturated carbocycles. The summed E-state index contributed by atoms with van der Waals surface area (Å²) < 4.78 is 2.02. The van der Waals surface area contributed by atoms with Gasteiger partial charge in [-0.25, -0.2) is 4.98 Å². The number of rotatable bonds is 5. The van der Waals surface area contributed by atoms with Crippen molar-refractivity contribution in [2.75, 3.05) is 0 Å². The van der Waals surface area contributed by atoms with Crippen LogP contribution in [0, 0.1) is 6.92 Å². The molecular weight excluding hydrogens is 248 g/mol. The van der Waals surface area contributed by atoms with Gasteiger partial charge in [-0.05, 0) is 19.8 Å². The molecule has 0 fully saturated rings. The van der Waals surface area contributed by atoms with Crippen LogP contribution < -0.4 is 0 Å². The quantitative estimate of drug-likeness (QED) is 0.774. The van der Waals surface area contributed by atoms with Crippen LogP contribution in [-0.4, -0.2) is 19.6 Å². The van der Waals surface area contributed by atoms with E-state index in [2.05, 4.69) is 29.0 Å². The minimum absolute atomic E-state index is 0.446. The van der Waals surface area contributed by atoms with Crippen LogP contribution in [0.1, 0.15) is 57.1 Å². The van der Waals surface area contributed by atoms with E-state index in [1.165, 1.54) is 12.8 Å². The van der Waals surface area contributed by atoms with Gasteiger partial charge in [0.25, 0.3) is 0 Å². The summed E-state index contributed by atoms with van der Waals surface area (Å²) in [6, 6.07) is 1.76. The van der Waals surface area contributed by atoms with Gasteiger partial charge in [0.15, 0.2) is 5.65 Å². The predicted molar refractivity (Wildman–Crippen MR) is 73.1 cm³/mol. The summed E-state index contributed by atoms with van der Waals surface area (Å²) in [7, 11) is 0. The lowest BCUT2D eigenvalue weighted by Crippen LogP contribution is -2.07. The summed E-state index contributed by atoms with van der Waals surface area (Å²) in [5.74, 6) is 2.32. The highest BCUT2D eigenvalue weighted by atomic mass is 35.5. The molecule has 1 atom stereocenters. The number of halogens is 1. The fraction of sp³-hybridized carbons (Fsp3) is 0.615. The standard InChI is InChI=1S/C13H19ClN4/c1-4-6-7-10(5-2)13-17-16-12-8-11(14)15-9(3)18(12)13/h8,10H,4-7H2,1-3H3. The van der Waals surface area contributed by atoms with Crippen molar-refractivity contribution in [3.63, 3.8) is 0 Å². The van der Waals surface area contributed by atoms with Crippen molar-refractivity contribution in [1.29, 1.82) is 0 Å². The molecule has 0 N–H and O–H groups in total. The van der Waals surface area contributed by atoms with Gasteiger partial charge in [0.1, 0.15) is 16.8 Å². The van der Waals surface area contributed by atoms with Gasteiger partial charge >= 0.3 is 0 Å². The molecule has 98 valence electrons. The number of aromatic nitrogens is 4. The lowest BCUT2D eigenvalue weighted by molar-refractivity contribution is 0.536. The van der Waals surface area contributed by atoms with Crippen molar-refractivity contribution in [2.45, 2.75) is 52.4 Å². The van der Waals surface area contributed by atoms with Crippen LogP contribution in [0.5, 0.6) is 0 Å². The van der Waals surface area contributed by atoms with Crippen molar-refractivity contribution in [1.82, 2.24) is 19.6 Å². The molecule has 4 nitrogen and oxygen atoms in total.